The zero-order valence-corrected chi connectivity index (χ0v) is 14.1. The average molecular weight is 326 g/mol. The van der Waals surface area contributed by atoms with E-state index in [0.29, 0.717) is 0 Å². The monoisotopic (exact) mass is 326 g/mol. The van der Waals surface area contributed by atoms with Gasteiger partial charge in [-0.2, -0.15) is 0 Å². The molecule has 3 nitrogen and oxygen atoms in total. The summed E-state index contributed by atoms with van der Waals surface area (Å²) in [6.07, 6.45) is 4.44. The summed E-state index contributed by atoms with van der Waals surface area (Å²) in [5.74, 6) is 0.225. The van der Waals surface area contributed by atoms with Crippen molar-refractivity contribution in [2.75, 3.05) is 18.4 Å². The zero-order valence-electron chi connectivity index (χ0n) is 13.3. The van der Waals surface area contributed by atoms with Crippen molar-refractivity contribution in [2.45, 2.75) is 38.1 Å². The molecule has 120 valence electrons. The predicted molar refractivity (Wildman–Crippen MR) is 95.0 cm³/mol. The lowest BCUT2D eigenvalue weighted by atomic mass is 9.95. The van der Waals surface area contributed by atoms with Crippen LogP contribution in [0.1, 0.15) is 41.2 Å². The van der Waals surface area contributed by atoms with Crippen LogP contribution < -0.4 is 5.32 Å². The Bertz CT molecular complexity index is 709. The summed E-state index contributed by atoms with van der Waals surface area (Å²) in [5.41, 5.74) is 3.70. The number of nitrogens with one attached hydrogen (secondary N) is 1. The van der Waals surface area contributed by atoms with Crippen LogP contribution in [0, 0.1) is 0 Å². The number of fused-ring (bicyclic) bond motifs is 2. The summed E-state index contributed by atoms with van der Waals surface area (Å²) in [6.45, 7) is 3.43. The molecule has 23 heavy (non-hydrogen) atoms. The molecule has 1 amide bonds. The van der Waals surface area contributed by atoms with Crippen LogP contribution in [0.15, 0.2) is 35.7 Å². The number of nitrogens with zero attached hydrogens (tertiary/aromatic N) is 1. The van der Waals surface area contributed by atoms with Crippen LogP contribution in [0.2, 0.25) is 0 Å². The maximum Gasteiger partial charge on any atom is 0.232 e. The van der Waals surface area contributed by atoms with Gasteiger partial charge in [-0.05, 0) is 54.4 Å². The molecule has 4 heteroatoms. The number of anilines is 1. The van der Waals surface area contributed by atoms with E-state index in [0.717, 1.165) is 31.6 Å². The highest BCUT2D eigenvalue weighted by Gasteiger charge is 2.29. The minimum absolute atomic E-state index is 0.0519. The van der Waals surface area contributed by atoms with Gasteiger partial charge in [-0.1, -0.05) is 24.6 Å². The van der Waals surface area contributed by atoms with Gasteiger partial charge in [0.05, 0.1) is 5.92 Å². The van der Waals surface area contributed by atoms with E-state index in [-0.39, 0.29) is 11.8 Å². The van der Waals surface area contributed by atoms with E-state index >= 15 is 0 Å². The number of thiophene rings is 1. The molecule has 1 N–H and O–H groups in total. The zero-order chi connectivity index (χ0) is 15.6. The van der Waals surface area contributed by atoms with Crippen LogP contribution in [0.5, 0.6) is 0 Å². The highest BCUT2D eigenvalue weighted by molar-refractivity contribution is 7.10. The van der Waals surface area contributed by atoms with Crippen LogP contribution in [0.3, 0.4) is 0 Å². The Kier molecular flexibility index (Phi) is 4.19. The number of unbranched alkanes of at least 4 members (excludes halogenated alkanes) is 1. The fraction of sp³-hybridized carbons (Fsp3) is 0.421. The molecule has 0 saturated heterocycles. The minimum Gasteiger partial charge on any atom is -0.325 e. The number of carbonyl (C=O) groups is 1. The van der Waals surface area contributed by atoms with Crippen LogP contribution in [0.25, 0.3) is 0 Å². The maximum atomic E-state index is 12.1. The molecule has 0 bridgehead atoms. The summed E-state index contributed by atoms with van der Waals surface area (Å²) >= 11 is 1.90. The summed E-state index contributed by atoms with van der Waals surface area (Å²) in [6, 6.07) is 10.4. The Labute approximate surface area is 141 Å². The number of benzene rings is 1. The predicted octanol–water partition coefficient (Wildman–Crippen LogP) is 4.01. The van der Waals surface area contributed by atoms with Crippen LogP contribution >= 0.6 is 11.3 Å². The highest BCUT2D eigenvalue weighted by Crippen LogP contribution is 2.35. The molecule has 2 aliphatic rings. The number of carbonyl (C=O) groups excluding carboxylic acids is 1. The highest BCUT2D eigenvalue weighted by atomic mass is 32.1. The fourth-order valence-corrected chi connectivity index (χ4v) is 4.63. The average Bonchev–Trinajstić information content (AvgIpc) is 3.15. The third-order valence-corrected chi connectivity index (χ3v) is 6.04. The van der Waals surface area contributed by atoms with E-state index in [1.165, 1.54) is 30.5 Å². The van der Waals surface area contributed by atoms with Crippen molar-refractivity contribution in [1.29, 1.82) is 0 Å². The number of hydrogen-bond donors (Lipinski definition) is 1. The first-order chi connectivity index (χ1) is 11.3. The molecule has 1 aromatic heterocycles. The van der Waals surface area contributed by atoms with Crippen LogP contribution in [-0.4, -0.2) is 23.9 Å². The van der Waals surface area contributed by atoms with E-state index in [1.54, 1.807) is 4.88 Å². The van der Waals surface area contributed by atoms with Crippen molar-refractivity contribution in [1.82, 2.24) is 4.90 Å². The quantitative estimate of drug-likeness (QED) is 0.842. The van der Waals surface area contributed by atoms with Gasteiger partial charge in [-0.3, -0.25) is 9.69 Å². The van der Waals surface area contributed by atoms with Gasteiger partial charge in [0.1, 0.15) is 0 Å². The van der Waals surface area contributed by atoms with Crippen LogP contribution in [0.4, 0.5) is 5.69 Å². The summed E-state index contributed by atoms with van der Waals surface area (Å²) in [7, 11) is 0. The second-order valence-corrected chi connectivity index (χ2v) is 7.52. The van der Waals surface area contributed by atoms with Crippen molar-refractivity contribution in [2.24, 2.45) is 0 Å². The molecule has 0 saturated carbocycles. The molecule has 4 rings (SSSR count). The molecule has 0 fully saturated rings. The summed E-state index contributed by atoms with van der Waals surface area (Å²) in [4.78, 5) is 16.2. The molecule has 1 unspecified atom stereocenters. The SMILES string of the molecule is O=C1Nc2ccccc2C1CCCCN1CCc2sccc2C1. The van der Waals surface area contributed by atoms with Gasteiger partial charge in [0.2, 0.25) is 5.91 Å². The second kappa shape index (κ2) is 6.46. The lowest BCUT2D eigenvalue weighted by Crippen LogP contribution is -2.30. The first-order valence-corrected chi connectivity index (χ1v) is 9.36. The number of hydrogen-bond acceptors (Lipinski definition) is 3. The molecular weight excluding hydrogens is 304 g/mol. The third kappa shape index (κ3) is 3.06. The normalized spacial score (nSPS) is 20.2. The van der Waals surface area contributed by atoms with Crippen molar-refractivity contribution in [3.05, 3.63) is 51.7 Å². The smallest absolute Gasteiger partial charge is 0.232 e. The standard InChI is InChI=1S/C19H22N2OS/c22-19-16(15-5-1-2-7-17(15)20-19)6-3-4-10-21-11-8-18-14(13-21)9-12-23-18/h1-2,5,7,9,12,16H,3-4,6,8,10-11,13H2,(H,20,22). The first-order valence-electron chi connectivity index (χ1n) is 8.48. The molecule has 1 aromatic carbocycles. The van der Waals surface area contributed by atoms with Crippen molar-refractivity contribution >= 4 is 22.9 Å². The Balaban J connectivity index is 1.26. The fourth-order valence-electron chi connectivity index (χ4n) is 3.74. The Morgan fingerprint density at radius 2 is 2.13 bits per heavy atom. The van der Waals surface area contributed by atoms with Gasteiger partial charge in [0.15, 0.2) is 0 Å². The van der Waals surface area contributed by atoms with E-state index < -0.39 is 0 Å². The van der Waals surface area contributed by atoms with E-state index in [9.17, 15) is 4.79 Å². The second-order valence-electron chi connectivity index (χ2n) is 6.52. The van der Waals surface area contributed by atoms with Crippen LogP contribution in [-0.2, 0) is 17.8 Å². The summed E-state index contributed by atoms with van der Waals surface area (Å²) in [5, 5.41) is 5.21. The van der Waals surface area contributed by atoms with E-state index in [4.69, 9.17) is 0 Å². The molecule has 0 aliphatic carbocycles. The van der Waals surface area contributed by atoms with Crippen molar-refractivity contribution in [3.8, 4) is 0 Å². The minimum atomic E-state index is 0.0519. The Hall–Kier alpha value is -1.65. The van der Waals surface area contributed by atoms with Gasteiger partial charge in [-0.25, -0.2) is 0 Å². The molecule has 2 aromatic rings. The molecule has 1 atom stereocenters. The van der Waals surface area contributed by atoms with E-state index in [2.05, 4.69) is 27.7 Å². The summed E-state index contributed by atoms with van der Waals surface area (Å²) < 4.78 is 0. The maximum absolute atomic E-state index is 12.1. The molecule has 0 spiro atoms. The lowest BCUT2D eigenvalue weighted by molar-refractivity contribution is -0.117. The topological polar surface area (TPSA) is 32.3 Å². The van der Waals surface area contributed by atoms with Gasteiger partial charge >= 0.3 is 0 Å². The molecule has 0 radical (unpaired) electrons. The Morgan fingerprint density at radius 1 is 1.22 bits per heavy atom. The molecule has 3 heterocycles. The Morgan fingerprint density at radius 3 is 3.09 bits per heavy atom. The van der Waals surface area contributed by atoms with Gasteiger partial charge in [0.25, 0.3) is 0 Å². The van der Waals surface area contributed by atoms with Gasteiger partial charge in [-0.15, -0.1) is 11.3 Å². The number of para-hydroxylation sites is 1. The molecular formula is C19H22N2OS. The third-order valence-electron chi connectivity index (χ3n) is 5.01. The van der Waals surface area contributed by atoms with E-state index in [1.807, 2.05) is 29.5 Å². The first kappa shape index (κ1) is 14.9. The van der Waals surface area contributed by atoms with Gasteiger partial charge in [0, 0.05) is 23.7 Å². The number of amides is 1. The number of rotatable bonds is 5. The van der Waals surface area contributed by atoms with Crippen molar-refractivity contribution < 1.29 is 4.79 Å². The van der Waals surface area contributed by atoms with Crippen molar-refractivity contribution in [3.63, 3.8) is 0 Å². The largest absolute Gasteiger partial charge is 0.325 e. The lowest BCUT2D eigenvalue weighted by Gasteiger charge is -2.26. The molecule has 2 aliphatic heterocycles. The van der Waals surface area contributed by atoms with Gasteiger partial charge < -0.3 is 5.32 Å².